The molecule has 0 radical (unpaired) electrons. The van der Waals surface area contributed by atoms with Gasteiger partial charge in [-0.15, -0.1) is 0 Å². The van der Waals surface area contributed by atoms with Crippen molar-refractivity contribution < 1.29 is 5.11 Å². The van der Waals surface area contributed by atoms with Crippen molar-refractivity contribution in [2.45, 2.75) is 38.3 Å². The standard InChI is InChI=1S/C13H19NO/c1-13(2)10-12(15)8-9-14(13)11-6-4-3-5-7-11/h3-7,12,15H,8-10H2,1-2H3. The van der Waals surface area contributed by atoms with Gasteiger partial charge in [-0.1, -0.05) is 18.2 Å². The van der Waals surface area contributed by atoms with Gasteiger partial charge in [0, 0.05) is 17.8 Å². The Morgan fingerprint density at radius 1 is 1.27 bits per heavy atom. The fraction of sp³-hybridized carbons (Fsp3) is 0.538. The van der Waals surface area contributed by atoms with Crippen LogP contribution in [0.15, 0.2) is 30.3 Å². The van der Waals surface area contributed by atoms with Crippen molar-refractivity contribution in [1.29, 1.82) is 0 Å². The van der Waals surface area contributed by atoms with E-state index in [1.165, 1.54) is 5.69 Å². The molecule has 82 valence electrons. The van der Waals surface area contributed by atoms with E-state index in [0.29, 0.717) is 0 Å². The first-order valence-electron chi connectivity index (χ1n) is 5.60. The average molecular weight is 205 g/mol. The van der Waals surface area contributed by atoms with Crippen molar-refractivity contribution in [1.82, 2.24) is 0 Å². The summed E-state index contributed by atoms with van der Waals surface area (Å²) in [6.45, 7) is 5.34. The number of anilines is 1. The highest BCUT2D eigenvalue weighted by atomic mass is 16.3. The molecule has 1 aliphatic rings. The van der Waals surface area contributed by atoms with Crippen LogP contribution in [0.25, 0.3) is 0 Å². The highest BCUT2D eigenvalue weighted by Gasteiger charge is 2.33. The lowest BCUT2D eigenvalue weighted by Crippen LogP contribution is -2.51. The lowest BCUT2D eigenvalue weighted by atomic mass is 9.88. The smallest absolute Gasteiger partial charge is 0.0579 e. The molecule has 0 bridgehead atoms. The van der Waals surface area contributed by atoms with Crippen LogP contribution in [0.3, 0.4) is 0 Å². The lowest BCUT2D eigenvalue weighted by Gasteiger charge is -2.46. The highest BCUT2D eigenvalue weighted by molar-refractivity contribution is 5.49. The first kappa shape index (κ1) is 10.5. The average Bonchev–Trinajstić information content (AvgIpc) is 2.17. The van der Waals surface area contributed by atoms with Gasteiger partial charge in [0.25, 0.3) is 0 Å². The van der Waals surface area contributed by atoms with E-state index < -0.39 is 0 Å². The monoisotopic (exact) mass is 205 g/mol. The lowest BCUT2D eigenvalue weighted by molar-refractivity contribution is 0.107. The molecule has 0 aliphatic carbocycles. The molecule has 0 aromatic heterocycles. The molecule has 1 unspecified atom stereocenters. The van der Waals surface area contributed by atoms with Gasteiger partial charge in [0.15, 0.2) is 0 Å². The first-order valence-corrected chi connectivity index (χ1v) is 5.60. The van der Waals surface area contributed by atoms with E-state index >= 15 is 0 Å². The predicted molar refractivity (Wildman–Crippen MR) is 63.1 cm³/mol. The van der Waals surface area contributed by atoms with Crippen LogP contribution in [0.5, 0.6) is 0 Å². The van der Waals surface area contributed by atoms with Crippen LogP contribution in [-0.2, 0) is 0 Å². The normalized spacial score (nSPS) is 25.3. The summed E-state index contributed by atoms with van der Waals surface area (Å²) in [7, 11) is 0. The van der Waals surface area contributed by atoms with Crippen molar-refractivity contribution in [3.05, 3.63) is 30.3 Å². The van der Waals surface area contributed by atoms with Crippen LogP contribution in [0.4, 0.5) is 5.69 Å². The van der Waals surface area contributed by atoms with Gasteiger partial charge in [0.05, 0.1) is 6.10 Å². The molecule has 1 atom stereocenters. The summed E-state index contributed by atoms with van der Waals surface area (Å²) in [6.07, 6.45) is 1.58. The summed E-state index contributed by atoms with van der Waals surface area (Å²) < 4.78 is 0. The van der Waals surface area contributed by atoms with Gasteiger partial charge in [-0.05, 0) is 38.8 Å². The predicted octanol–water partition coefficient (Wildman–Crippen LogP) is 2.43. The number of benzene rings is 1. The van der Waals surface area contributed by atoms with Gasteiger partial charge in [-0.3, -0.25) is 0 Å². The Morgan fingerprint density at radius 2 is 1.93 bits per heavy atom. The van der Waals surface area contributed by atoms with E-state index in [1.54, 1.807) is 0 Å². The minimum Gasteiger partial charge on any atom is -0.393 e. The zero-order chi connectivity index (χ0) is 10.9. The van der Waals surface area contributed by atoms with Crippen LogP contribution < -0.4 is 4.90 Å². The number of hydrogen-bond acceptors (Lipinski definition) is 2. The van der Waals surface area contributed by atoms with Crippen molar-refractivity contribution in [2.75, 3.05) is 11.4 Å². The Balaban J connectivity index is 2.23. The topological polar surface area (TPSA) is 23.5 Å². The number of aliphatic hydroxyl groups excluding tert-OH is 1. The molecular formula is C13H19NO. The van der Waals surface area contributed by atoms with Crippen LogP contribution in [-0.4, -0.2) is 23.3 Å². The maximum Gasteiger partial charge on any atom is 0.0579 e. The van der Waals surface area contributed by atoms with E-state index in [2.05, 4.69) is 43.0 Å². The highest BCUT2D eigenvalue weighted by Crippen LogP contribution is 2.32. The third kappa shape index (κ3) is 2.15. The number of para-hydroxylation sites is 1. The zero-order valence-corrected chi connectivity index (χ0v) is 9.48. The summed E-state index contributed by atoms with van der Waals surface area (Å²) in [5.41, 5.74) is 1.31. The minimum atomic E-state index is -0.139. The van der Waals surface area contributed by atoms with E-state index in [0.717, 1.165) is 19.4 Å². The Morgan fingerprint density at radius 3 is 2.53 bits per heavy atom. The van der Waals surface area contributed by atoms with Crippen LogP contribution in [0.2, 0.25) is 0 Å². The quantitative estimate of drug-likeness (QED) is 0.761. The molecule has 1 aromatic rings. The number of nitrogens with zero attached hydrogens (tertiary/aromatic N) is 1. The molecule has 0 saturated carbocycles. The molecule has 0 amide bonds. The summed E-state index contributed by atoms with van der Waals surface area (Å²) in [5, 5.41) is 9.68. The number of piperidine rings is 1. The molecule has 1 fully saturated rings. The third-order valence-corrected chi connectivity index (χ3v) is 3.22. The van der Waals surface area contributed by atoms with E-state index in [-0.39, 0.29) is 11.6 Å². The molecule has 0 spiro atoms. The largest absolute Gasteiger partial charge is 0.393 e. The Bertz CT molecular complexity index is 321. The second-order valence-corrected chi connectivity index (χ2v) is 4.95. The fourth-order valence-corrected chi connectivity index (χ4v) is 2.46. The molecule has 2 nitrogen and oxygen atoms in total. The van der Waals surface area contributed by atoms with Crippen LogP contribution >= 0.6 is 0 Å². The van der Waals surface area contributed by atoms with Gasteiger partial charge in [-0.25, -0.2) is 0 Å². The van der Waals surface area contributed by atoms with Crippen LogP contribution in [0, 0.1) is 0 Å². The second kappa shape index (κ2) is 3.86. The molecule has 2 heteroatoms. The van der Waals surface area contributed by atoms with E-state index in [1.807, 2.05) is 6.07 Å². The number of rotatable bonds is 1. The summed E-state index contributed by atoms with van der Waals surface area (Å²) in [6, 6.07) is 10.4. The Kier molecular flexibility index (Phi) is 2.70. The first-order chi connectivity index (χ1) is 7.09. The maximum absolute atomic E-state index is 9.68. The molecule has 1 aliphatic heterocycles. The molecule has 1 saturated heterocycles. The van der Waals surface area contributed by atoms with Crippen LogP contribution in [0.1, 0.15) is 26.7 Å². The minimum absolute atomic E-state index is 0.0546. The Hall–Kier alpha value is -1.02. The van der Waals surface area contributed by atoms with Crippen molar-refractivity contribution in [3.8, 4) is 0 Å². The fourth-order valence-electron chi connectivity index (χ4n) is 2.46. The van der Waals surface area contributed by atoms with Gasteiger partial charge in [0.2, 0.25) is 0 Å². The molecule has 1 heterocycles. The second-order valence-electron chi connectivity index (χ2n) is 4.95. The summed E-state index contributed by atoms with van der Waals surface area (Å²) in [5.74, 6) is 0. The molecule has 1 N–H and O–H groups in total. The number of aliphatic hydroxyl groups is 1. The molecule has 2 rings (SSSR count). The third-order valence-electron chi connectivity index (χ3n) is 3.22. The van der Waals surface area contributed by atoms with Crippen molar-refractivity contribution in [3.63, 3.8) is 0 Å². The SMILES string of the molecule is CC1(C)CC(O)CCN1c1ccccc1. The number of hydrogen-bond donors (Lipinski definition) is 1. The molecule has 15 heavy (non-hydrogen) atoms. The van der Waals surface area contributed by atoms with Gasteiger partial charge in [0.1, 0.15) is 0 Å². The zero-order valence-electron chi connectivity index (χ0n) is 9.48. The van der Waals surface area contributed by atoms with E-state index in [9.17, 15) is 5.11 Å². The van der Waals surface area contributed by atoms with Gasteiger partial charge < -0.3 is 10.0 Å². The molecule has 1 aromatic carbocycles. The van der Waals surface area contributed by atoms with Gasteiger partial charge in [-0.2, -0.15) is 0 Å². The summed E-state index contributed by atoms with van der Waals surface area (Å²) in [4.78, 5) is 2.39. The van der Waals surface area contributed by atoms with Crippen molar-refractivity contribution in [2.24, 2.45) is 0 Å². The molecular weight excluding hydrogens is 186 g/mol. The van der Waals surface area contributed by atoms with E-state index in [4.69, 9.17) is 0 Å². The van der Waals surface area contributed by atoms with Crippen molar-refractivity contribution >= 4 is 5.69 Å². The van der Waals surface area contributed by atoms with Gasteiger partial charge >= 0.3 is 0 Å². The Labute approximate surface area is 91.5 Å². The maximum atomic E-state index is 9.68. The summed E-state index contributed by atoms with van der Waals surface area (Å²) >= 11 is 0.